The minimum absolute atomic E-state index is 0.0660. The van der Waals surface area contributed by atoms with Crippen molar-refractivity contribution in [3.8, 4) is 5.75 Å². The van der Waals surface area contributed by atoms with Gasteiger partial charge in [0.15, 0.2) is 0 Å². The number of halogens is 1. The Labute approximate surface area is 253 Å². The Bertz CT molecular complexity index is 1480. The number of hydrogen-bond acceptors (Lipinski definition) is 7. The summed E-state index contributed by atoms with van der Waals surface area (Å²) in [6.07, 6.45) is 3.79. The lowest BCUT2D eigenvalue weighted by molar-refractivity contribution is -0.131. The minimum Gasteiger partial charge on any atom is -0.491 e. The lowest BCUT2D eigenvalue weighted by atomic mass is 9.74. The highest BCUT2D eigenvalue weighted by molar-refractivity contribution is 6.01. The van der Waals surface area contributed by atoms with Gasteiger partial charge in [-0.3, -0.25) is 19.2 Å². The van der Waals surface area contributed by atoms with Crippen molar-refractivity contribution in [1.29, 1.82) is 0 Å². The Morgan fingerprint density at radius 1 is 1.05 bits per heavy atom. The van der Waals surface area contributed by atoms with E-state index >= 15 is 0 Å². The third-order valence-electron chi connectivity index (χ3n) is 7.92. The number of aromatic amines is 1. The molecule has 12 nitrogen and oxygen atoms in total. The van der Waals surface area contributed by atoms with Crippen LogP contribution in [-0.2, 0) is 31.0 Å². The van der Waals surface area contributed by atoms with Gasteiger partial charge in [0.05, 0.1) is 24.9 Å². The molecule has 0 unspecified atom stereocenters. The molecule has 0 spiro atoms. The first-order chi connectivity index (χ1) is 21.3. The average molecular weight is 607 g/mol. The summed E-state index contributed by atoms with van der Waals surface area (Å²) in [6, 6.07) is 10.5. The zero-order valence-electron chi connectivity index (χ0n) is 24.1. The summed E-state index contributed by atoms with van der Waals surface area (Å²) >= 11 is 0. The fourth-order valence-corrected chi connectivity index (χ4v) is 5.48. The van der Waals surface area contributed by atoms with Crippen LogP contribution in [0.5, 0.6) is 5.75 Å². The lowest BCUT2D eigenvalue weighted by Crippen LogP contribution is -2.54. The number of carbonyl (C=O) groups excluding carboxylic acids is 4. The van der Waals surface area contributed by atoms with E-state index in [9.17, 15) is 23.6 Å². The van der Waals surface area contributed by atoms with Gasteiger partial charge in [-0.15, -0.1) is 0 Å². The predicted octanol–water partition coefficient (Wildman–Crippen LogP) is 1.14. The molecule has 2 aromatic carbocycles. The van der Waals surface area contributed by atoms with E-state index in [2.05, 4.69) is 31.2 Å². The van der Waals surface area contributed by atoms with Gasteiger partial charge >= 0.3 is 0 Å². The number of nitrogens with one attached hydrogen (secondary N) is 5. The fraction of sp³-hybridized carbons (Fsp3) is 0.387. The lowest BCUT2D eigenvalue weighted by Gasteiger charge is -2.38. The molecule has 0 bridgehead atoms. The summed E-state index contributed by atoms with van der Waals surface area (Å²) < 4.78 is 25.5. The van der Waals surface area contributed by atoms with Crippen molar-refractivity contribution < 1.29 is 33.0 Å². The molecule has 5 N–H and O–H groups in total. The maximum atomic E-state index is 14.2. The highest BCUT2D eigenvalue weighted by Crippen LogP contribution is 2.34. The van der Waals surface area contributed by atoms with Gasteiger partial charge in [0, 0.05) is 43.5 Å². The number of ether oxygens (including phenoxy) is 2. The Hall–Kier alpha value is -4.78. The van der Waals surface area contributed by atoms with Crippen molar-refractivity contribution in [2.24, 2.45) is 0 Å². The molecule has 1 saturated heterocycles. The SMILES string of the molecule is O=C1C[C@@H](C(=O)NCC2(c3cccc(F)c3)CCOCC2)NC(=O)c2ccccc2OCCNC(=O)[C@H](Cc2cnc[nH]2)N1. The number of carbonyl (C=O) groups is 4. The van der Waals surface area contributed by atoms with Crippen LogP contribution in [0.15, 0.2) is 61.1 Å². The molecule has 0 saturated carbocycles. The number of amides is 4. The molecule has 5 rings (SSSR count). The Morgan fingerprint density at radius 3 is 2.64 bits per heavy atom. The third kappa shape index (κ3) is 7.59. The molecule has 2 atom stereocenters. The van der Waals surface area contributed by atoms with Gasteiger partial charge in [-0.25, -0.2) is 9.37 Å². The van der Waals surface area contributed by atoms with Gasteiger partial charge in [-0.1, -0.05) is 24.3 Å². The molecule has 2 aliphatic heterocycles. The van der Waals surface area contributed by atoms with E-state index in [1.165, 1.54) is 18.5 Å². The van der Waals surface area contributed by atoms with Crippen LogP contribution in [0.1, 0.15) is 40.9 Å². The minimum atomic E-state index is -1.29. The van der Waals surface area contributed by atoms with Crippen LogP contribution in [0.4, 0.5) is 4.39 Å². The van der Waals surface area contributed by atoms with E-state index in [1.54, 1.807) is 36.5 Å². The number of imidazole rings is 1. The predicted molar refractivity (Wildman–Crippen MR) is 156 cm³/mol. The molecule has 0 radical (unpaired) electrons. The Morgan fingerprint density at radius 2 is 1.86 bits per heavy atom. The number of benzene rings is 2. The number of aromatic nitrogens is 2. The van der Waals surface area contributed by atoms with Crippen molar-refractivity contribution in [2.45, 2.75) is 43.2 Å². The molecule has 2 aliphatic rings. The van der Waals surface area contributed by atoms with Crippen molar-refractivity contribution >= 4 is 23.6 Å². The zero-order chi connectivity index (χ0) is 30.9. The monoisotopic (exact) mass is 606 g/mol. The highest BCUT2D eigenvalue weighted by Gasteiger charge is 2.37. The molecule has 4 amide bonds. The largest absolute Gasteiger partial charge is 0.491 e. The van der Waals surface area contributed by atoms with Crippen LogP contribution in [0.3, 0.4) is 0 Å². The maximum absolute atomic E-state index is 14.2. The molecule has 0 aliphatic carbocycles. The molecule has 44 heavy (non-hydrogen) atoms. The van der Waals surface area contributed by atoms with Crippen molar-refractivity contribution in [3.63, 3.8) is 0 Å². The Balaban J connectivity index is 1.39. The topological polar surface area (TPSA) is 164 Å². The van der Waals surface area contributed by atoms with Gasteiger partial charge in [0.2, 0.25) is 17.7 Å². The number of para-hydroxylation sites is 1. The van der Waals surface area contributed by atoms with Crippen LogP contribution in [0, 0.1) is 5.82 Å². The Kier molecular flexibility index (Phi) is 9.85. The van der Waals surface area contributed by atoms with Crippen LogP contribution < -0.4 is 26.0 Å². The van der Waals surface area contributed by atoms with E-state index in [0.29, 0.717) is 31.7 Å². The van der Waals surface area contributed by atoms with Crippen LogP contribution in [0.2, 0.25) is 0 Å². The summed E-state index contributed by atoms with van der Waals surface area (Å²) in [7, 11) is 0. The van der Waals surface area contributed by atoms with Crippen LogP contribution in [-0.4, -0.2) is 78.6 Å². The van der Waals surface area contributed by atoms with E-state index in [-0.39, 0.29) is 43.2 Å². The van der Waals surface area contributed by atoms with Gasteiger partial charge in [0.25, 0.3) is 5.91 Å². The van der Waals surface area contributed by atoms with Crippen LogP contribution in [0.25, 0.3) is 0 Å². The summed E-state index contributed by atoms with van der Waals surface area (Å²) in [4.78, 5) is 60.3. The number of fused-ring (bicyclic) bond motifs is 1. The second-order valence-corrected chi connectivity index (χ2v) is 10.9. The fourth-order valence-electron chi connectivity index (χ4n) is 5.48. The van der Waals surface area contributed by atoms with E-state index in [4.69, 9.17) is 9.47 Å². The molecule has 3 heterocycles. The molecule has 3 aromatic rings. The summed E-state index contributed by atoms with van der Waals surface area (Å²) in [5, 5.41) is 11.0. The molecule has 232 valence electrons. The maximum Gasteiger partial charge on any atom is 0.255 e. The first-order valence-electron chi connectivity index (χ1n) is 14.5. The highest BCUT2D eigenvalue weighted by atomic mass is 19.1. The smallest absolute Gasteiger partial charge is 0.255 e. The van der Waals surface area contributed by atoms with Crippen molar-refractivity contribution in [2.75, 3.05) is 32.9 Å². The van der Waals surface area contributed by atoms with E-state index < -0.39 is 47.5 Å². The first kappa shape index (κ1) is 30.7. The number of rotatable bonds is 6. The molecule has 1 aromatic heterocycles. The number of H-pyrrole nitrogens is 1. The van der Waals surface area contributed by atoms with Gasteiger partial charge < -0.3 is 35.7 Å². The van der Waals surface area contributed by atoms with E-state index in [0.717, 1.165) is 5.56 Å². The molecular formula is C31H35FN6O6. The van der Waals surface area contributed by atoms with Gasteiger partial charge in [-0.2, -0.15) is 0 Å². The molecule has 13 heteroatoms. The molecule has 1 fully saturated rings. The second kappa shape index (κ2) is 14.1. The van der Waals surface area contributed by atoms with Gasteiger partial charge in [-0.05, 0) is 42.7 Å². The van der Waals surface area contributed by atoms with Crippen LogP contribution >= 0.6 is 0 Å². The number of nitrogens with zero attached hydrogens (tertiary/aromatic N) is 1. The zero-order valence-corrected chi connectivity index (χ0v) is 24.1. The standard InChI is InChI=1S/C31H35FN6O6/c32-21-5-3-4-20(14-21)31(8-11-43-12-9-31)18-35-30(42)25-16-27(39)37-24(15-22-17-33-19-36-22)29(41)34-10-13-44-26-7-2-1-6-23(26)28(40)38-25/h1-7,14,17,19,24-25H,8-13,15-16,18H2,(H,33,36)(H,34,41)(H,35,42)(H,37,39)(H,38,40)/t24-,25-/m0/s1. The summed E-state index contributed by atoms with van der Waals surface area (Å²) in [5.41, 5.74) is 0.926. The second-order valence-electron chi connectivity index (χ2n) is 10.9. The van der Waals surface area contributed by atoms with E-state index in [1.807, 2.05) is 6.07 Å². The number of hydrogen-bond donors (Lipinski definition) is 5. The third-order valence-corrected chi connectivity index (χ3v) is 7.92. The quantitative estimate of drug-likeness (QED) is 0.281. The normalized spacial score (nSPS) is 21.0. The van der Waals surface area contributed by atoms with Gasteiger partial charge in [0.1, 0.15) is 30.3 Å². The van der Waals surface area contributed by atoms with Crippen molar-refractivity contribution in [3.05, 3.63) is 83.7 Å². The molecular weight excluding hydrogens is 571 g/mol. The summed E-state index contributed by atoms with van der Waals surface area (Å²) in [5.74, 6) is -2.38. The average Bonchev–Trinajstić information content (AvgIpc) is 3.54. The van der Waals surface area contributed by atoms with Crippen molar-refractivity contribution in [1.82, 2.24) is 31.2 Å². The first-order valence-corrected chi connectivity index (χ1v) is 14.5. The summed E-state index contributed by atoms with van der Waals surface area (Å²) in [6.45, 7) is 1.21.